The van der Waals surface area contributed by atoms with Crippen molar-refractivity contribution in [2.75, 3.05) is 11.1 Å². The number of benzene rings is 3. The lowest BCUT2D eigenvalue weighted by molar-refractivity contribution is 1.11. The molecule has 4 aromatic rings. The van der Waals surface area contributed by atoms with Crippen molar-refractivity contribution in [2.45, 2.75) is 0 Å². The number of rotatable bonds is 3. The lowest BCUT2D eigenvalue weighted by Crippen LogP contribution is -2.21. The van der Waals surface area contributed by atoms with Gasteiger partial charge in [0.05, 0.1) is 16.7 Å². The molecule has 0 radical (unpaired) electrons. The van der Waals surface area contributed by atoms with Gasteiger partial charge in [-0.2, -0.15) is 0 Å². The fourth-order valence-electron chi connectivity index (χ4n) is 2.83. The first kappa shape index (κ1) is 18.3. The molecule has 3 aromatic carbocycles. The zero-order valence-electron chi connectivity index (χ0n) is 14.4. The standard InChI is InChI=1S/C20H18N6.ClH/c21-19(23-14-6-2-1-3-7-14)24-15-10-12-16(13-11-15)26-18-9-5-4-8-17(18)25-20(26)22;/h1-13H,(H2,22,25)(H3,21,23,24);1H. The quantitative estimate of drug-likeness (QED) is 0.369. The first-order chi connectivity index (χ1) is 12.7. The van der Waals surface area contributed by atoms with E-state index in [9.17, 15) is 0 Å². The lowest BCUT2D eigenvalue weighted by Gasteiger charge is -2.08. The number of nitrogens with two attached hydrogens (primary N) is 2. The molecule has 0 amide bonds. The Kier molecular flexibility index (Phi) is 5.28. The van der Waals surface area contributed by atoms with Crippen molar-refractivity contribution >= 4 is 46.7 Å². The minimum Gasteiger partial charge on any atom is -0.369 e. The molecule has 6 nitrogen and oxygen atoms in total. The Labute approximate surface area is 163 Å². The number of hydrogen-bond acceptors (Lipinski definition) is 3. The summed E-state index contributed by atoms with van der Waals surface area (Å²) in [5, 5.41) is 3.06. The minimum atomic E-state index is 0. The van der Waals surface area contributed by atoms with Crippen molar-refractivity contribution in [2.24, 2.45) is 10.7 Å². The summed E-state index contributed by atoms with van der Waals surface area (Å²) < 4.78 is 1.91. The van der Waals surface area contributed by atoms with E-state index < -0.39 is 0 Å². The van der Waals surface area contributed by atoms with E-state index in [4.69, 9.17) is 11.5 Å². The van der Waals surface area contributed by atoms with Crippen LogP contribution < -0.4 is 16.8 Å². The van der Waals surface area contributed by atoms with Gasteiger partial charge in [0.25, 0.3) is 0 Å². The van der Waals surface area contributed by atoms with Crippen LogP contribution in [-0.2, 0) is 0 Å². The monoisotopic (exact) mass is 378 g/mol. The molecule has 136 valence electrons. The first-order valence-electron chi connectivity index (χ1n) is 8.20. The van der Waals surface area contributed by atoms with Crippen molar-refractivity contribution in [3.8, 4) is 5.69 Å². The van der Waals surface area contributed by atoms with Crippen molar-refractivity contribution in [3.63, 3.8) is 0 Å². The Bertz CT molecular complexity index is 1070. The van der Waals surface area contributed by atoms with E-state index in [-0.39, 0.29) is 12.4 Å². The van der Waals surface area contributed by atoms with Crippen LogP contribution in [0.4, 0.5) is 17.3 Å². The van der Waals surface area contributed by atoms with Crippen LogP contribution >= 0.6 is 12.4 Å². The maximum absolute atomic E-state index is 6.08. The summed E-state index contributed by atoms with van der Waals surface area (Å²) >= 11 is 0. The van der Waals surface area contributed by atoms with Crippen molar-refractivity contribution < 1.29 is 0 Å². The SMILES string of the molecule is Cl.NC(=Nc1ccc(-n2c(N)nc3ccccc32)cc1)Nc1ccccc1. The number of imidazole rings is 1. The average molecular weight is 379 g/mol. The van der Waals surface area contributed by atoms with Crippen LogP contribution in [0.25, 0.3) is 16.7 Å². The van der Waals surface area contributed by atoms with Gasteiger partial charge in [-0.15, -0.1) is 12.4 Å². The molecule has 0 saturated heterocycles. The molecule has 0 aliphatic carbocycles. The number of anilines is 2. The number of halogens is 1. The Morgan fingerprint density at radius 2 is 1.56 bits per heavy atom. The van der Waals surface area contributed by atoms with E-state index in [0.717, 1.165) is 28.1 Å². The third-order valence-electron chi connectivity index (χ3n) is 3.99. The molecular weight excluding hydrogens is 360 g/mol. The summed E-state index contributed by atoms with van der Waals surface area (Å²) in [6.45, 7) is 0. The molecule has 0 fully saturated rings. The van der Waals surface area contributed by atoms with E-state index in [1.165, 1.54) is 0 Å². The van der Waals surface area contributed by atoms with Gasteiger partial charge < -0.3 is 16.8 Å². The van der Waals surface area contributed by atoms with Crippen molar-refractivity contribution in [1.29, 1.82) is 0 Å². The molecule has 0 atom stereocenters. The summed E-state index contributed by atoms with van der Waals surface area (Å²) in [5.74, 6) is 0.782. The molecule has 1 heterocycles. The van der Waals surface area contributed by atoms with Crippen molar-refractivity contribution in [3.05, 3.63) is 78.9 Å². The smallest absolute Gasteiger partial charge is 0.205 e. The summed E-state index contributed by atoms with van der Waals surface area (Å²) in [6.07, 6.45) is 0. The van der Waals surface area contributed by atoms with E-state index in [1.807, 2.05) is 83.4 Å². The van der Waals surface area contributed by atoms with Gasteiger partial charge in [-0.3, -0.25) is 4.57 Å². The van der Waals surface area contributed by atoms with Gasteiger partial charge in [0, 0.05) is 11.4 Å². The molecule has 0 saturated carbocycles. The van der Waals surface area contributed by atoms with Gasteiger partial charge in [-0.25, -0.2) is 9.98 Å². The van der Waals surface area contributed by atoms with Gasteiger partial charge in [-0.05, 0) is 48.5 Å². The van der Waals surface area contributed by atoms with Gasteiger partial charge >= 0.3 is 0 Å². The Morgan fingerprint density at radius 1 is 0.889 bits per heavy atom. The highest BCUT2D eigenvalue weighted by Gasteiger charge is 2.09. The van der Waals surface area contributed by atoms with Crippen LogP contribution in [0.1, 0.15) is 0 Å². The van der Waals surface area contributed by atoms with E-state index in [1.54, 1.807) is 0 Å². The second-order valence-electron chi connectivity index (χ2n) is 5.80. The number of nitrogen functional groups attached to an aromatic ring is 1. The lowest BCUT2D eigenvalue weighted by atomic mass is 10.2. The summed E-state index contributed by atoms with van der Waals surface area (Å²) in [5.41, 5.74) is 16.4. The van der Waals surface area contributed by atoms with Gasteiger partial charge in [-0.1, -0.05) is 30.3 Å². The molecule has 1 aromatic heterocycles. The maximum Gasteiger partial charge on any atom is 0.205 e. The fourth-order valence-corrected chi connectivity index (χ4v) is 2.83. The Morgan fingerprint density at radius 3 is 2.30 bits per heavy atom. The van der Waals surface area contributed by atoms with Crippen LogP contribution in [0.15, 0.2) is 83.9 Å². The number of fused-ring (bicyclic) bond motifs is 1. The van der Waals surface area contributed by atoms with E-state index in [2.05, 4.69) is 15.3 Å². The topological polar surface area (TPSA) is 94.2 Å². The van der Waals surface area contributed by atoms with Gasteiger partial charge in [0.15, 0.2) is 5.96 Å². The van der Waals surface area contributed by atoms with Crippen molar-refractivity contribution in [1.82, 2.24) is 9.55 Å². The molecular formula is C20H19ClN6. The second-order valence-corrected chi connectivity index (χ2v) is 5.80. The number of hydrogen-bond donors (Lipinski definition) is 3. The average Bonchev–Trinajstić information content (AvgIpc) is 2.99. The predicted molar refractivity (Wildman–Crippen MR) is 114 cm³/mol. The van der Waals surface area contributed by atoms with Crippen LogP contribution in [0.2, 0.25) is 0 Å². The number of nitrogens with zero attached hydrogens (tertiary/aromatic N) is 3. The fraction of sp³-hybridized carbons (Fsp3) is 0. The normalized spacial score (nSPS) is 11.2. The molecule has 0 aliphatic rings. The largest absolute Gasteiger partial charge is 0.369 e. The molecule has 7 heteroatoms. The molecule has 0 bridgehead atoms. The molecule has 0 unspecified atom stereocenters. The zero-order valence-corrected chi connectivity index (χ0v) is 15.2. The van der Waals surface area contributed by atoms with E-state index >= 15 is 0 Å². The number of aliphatic imine (C=N–C) groups is 1. The number of aromatic nitrogens is 2. The summed E-state index contributed by atoms with van der Waals surface area (Å²) in [4.78, 5) is 8.78. The van der Waals surface area contributed by atoms with Gasteiger partial charge in [0.1, 0.15) is 0 Å². The molecule has 0 aliphatic heterocycles. The summed E-state index contributed by atoms with van der Waals surface area (Å²) in [6, 6.07) is 25.2. The van der Waals surface area contributed by atoms with Crippen LogP contribution in [0, 0.1) is 0 Å². The Balaban J connectivity index is 0.00000210. The highest BCUT2D eigenvalue weighted by molar-refractivity contribution is 5.94. The minimum absolute atomic E-state index is 0. The molecule has 5 N–H and O–H groups in total. The third kappa shape index (κ3) is 3.86. The third-order valence-corrected chi connectivity index (χ3v) is 3.99. The zero-order chi connectivity index (χ0) is 17.9. The van der Waals surface area contributed by atoms with Crippen LogP contribution in [-0.4, -0.2) is 15.5 Å². The number of guanidine groups is 1. The van der Waals surface area contributed by atoms with Crippen LogP contribution in [0.3, 0.4) is 0 Å². The predicted octanol–water partition coefficient (Wildman–Crippen LogP) is 4.09. The van der Waals surface area contributed by atoms with Gasteiger partial charge in [0.2, 0.25) is 5.95 Å². The highest BCUT2D eigenvalue weighted by atomic mass is 35.5. The molecule has 27 heavy (non-hydrogen) atoms. The first-order valence-corrected chi connectivity index (χ1v) is 8.20. The van der Waals surface area contributed by atoms with E-state index in [0.29, 0.717) is 11.9 Å². The second kappa shape index (κ2) is 7.80. The summed E-state index contributed by atoms with van der Waals surface area (Å²) in [7, 11) is 0. The Hall–Kier alpha value is -3.51. The highest BCUT2D eigenvalue weighted by Crippen LogP contribution is 2.24. The van der Waals surface area contributed by atoms with Crippen LogP contribution in [0.5, 0.6) is 0 Å². The maximum atomic E-state index is 6.08. The number of nitrogens with one attached hydrogen (secondary N) is 1. The molecule has 4 rings (SSSR count). The molecule has 0 spiro atoms. The number of para-hydroxylation sites is 3.